The Kier molecular flexibility index (Phi) is 4.14. The summed E-state index contributed by atoms with van der Waals surface area (Å²) in [5.74, 6) is -0.249. The second-order valence-corrected chi connectivity index (χ2v) is 4.42. The smallest absolute Gasteiger partial charge is 0.255 e. The van der Waals surface area contributed by atoms with Crippen molar-refractivity contribution in [1.82, 2.24) is 10.3 Å². The number of nitrogens with zero attached hydrogens (tertiary/aromatic N) is 1. The number of hydrogen-bond donors (Lipinski definition) is 2. The number of pyridine rings is 1. The lowest BCUT2D eigenvalue weighted by molar-refractivity contribution is -0.117. The maximum absolute atomic E-state index is 11.9. The first-order chi connectivity index (χ1) is 9.56. The average Bonchev–Trinajstić information content (AvgIpc) is 2.95. The van der Waals surface area contributed by atoms with E-state index in [0.29, 0.717) is 11.4 Å². The van der Waals surface area contributed by atoms with Gasteiger partial charge in [-0.15, -0.1) is 0 Å². The van der Waals surface area contributed by atoms with Gasteiger partial charge in [0.1, 0.15) is 18.1 Å². The van der Waals surface area contributed by atoms with E-state index in [1.54, 1.807) is 19.2 Å². The van der Waals surface area contributed by atoms with Gasteiger partial charge in [0.05, 0.1) is 11.8 Å². The molecule has 0 radical (unpaired) electrons. The van der Waals surface area contributed by atoms with E-state index < -0.39 is 6.04 Å². The monoisotopic (exact) mass is 273 g/mol. The van der Waals surface area contributed by atoms with E-state index in [1.807, 2.05) is 13.0 Å². The van der Waals surface area contributed by atoms with Gasteiger partial charge in [0.2, 0.25) is 5.91 Å². The van der Waals surface area contributed by atoms with Crippen LogP contribution in [-0.4, -0.2) is 22.8 Å². The van der Waals surface area contributed by atoms with Crippen LogP contribution in [0.1, 0.15) is 22.8 Å². The molecule has 20 heavy (non-hydrogen) atoms. The second kappa shape index (κ2) is 6.01. The number of aryl methyl sites for hydroxylation is 1. The van der Waals surface area contributed by atoms with Gasteiger partial charge in [-0.3, -0.25) is 9.59 Å². The molecule has 2 heterocycles. The zero-order valence-electron chi connectivity index (χ0n) is 11.2. The highest BCUT2D eigenvalue weighted by molar-refractivity contribution is 6.00. The van der Waals surface area contributed by atoms with Crippen molar-refractivity contribution in [1.29, 1.82) is 0 Å². The van der Waals surface area contributed by atoms with Crippen LogP contribution in [0.15, 0.2) is 41.3 Å². The minimum atomic E-state index is -0.680. The Labute approximate surface area is 116 Å². The number of carbonyl (C=O) groups excluding carboxylic acids is 2. The molecule has 0 saturated carbocycles. The normalized spacial score (nSPS) is 11.7. The van der Waals surface area contributed by atoms with Crippen molar-refractivity contribution < 1.29 is 14.0 Å². The topological polar surface area (TPSA) is 84.2 Å². The van der Waals surface area contributed by atoms with Crippen molar-refractivity contribution in [2.24, 2.45) is 0 Å². The first-order valence-electron chi connectivity index (χ1n) is 6.13. The summed E-state index contributed by atoms with van der Waals surface area (Å²) in [6.45, 7) is 3.51. The Hall–Kier alpha value is -2.63. The molecule has 0 fully saturated rings. The largest absolute Gasteiger partial charge is 0.472 e. The Bertz CT molecular complexity index is 591. The Morgan fingerprint density at radius 3 is 2.70 bits per heavy atom. The lowest BCUT2D eigenvalue weighted by atomic mass is 10.2. The van der Waals surface area contributed by atoms with Crippen LogP contribution >= 0.6 is 0 Å². The van der Waals surface area contributed by atoms with Crippen molar-refractivity contribution in [3.8, 4) is 0 Å². The molecule has 2 N–H and O–H groups in total. The number of carbonyl (C=O) groups is 2. The third kappa shape index (κ3) is 3.44. The van der Waals surface area contributed by atoms with Gasteiger partial charge in [0.25, 0.3) is 5.91 Å². The number of anilines is 1. The van der Waals surface area contributed by atoms with Crippen LogP contribution in [0.2, 0.25) is 0 Å². The van der Waals surface area contributed by atoms with Gasteiger partial charge in [-0.25, -0.2) is 4.98 Å². The summed E-state index contributed by atoms with van der Waals surface area (Å²) in [6.07, 6.45) is 4.38. The van der Waals surface area contributed by atoms with Crippen molar-refractivity contribution in [3.05, 3.63) is 48.0 Å². The molecule has 6 nitrogen and oxygen atoms in total. The van der Waals surface area contributed by atoms with Crippen LogP contribution < -0.4 is 10.6 Å². The molecule has 2 rings (SSSR count). The van der Waals surface area contributed by atoms with Crippen molar-refractivity contribution in [2.75, 3.05) is 5.32 Å². The summed E-state index contributed by atoms with van der Waals surface area (Å²) >= 11 is 0. The fourth-order valence-corrected chi connectivity index (χ4v) is 1.52. The van der Waals surface area contributed by atoms with Crippen molar-refractivity contribution in [3.63, 3.8) is 0 Å². The van der Waals surface area contributed by atoms with E-state index in [4.69, 9.17) is 4.42 Å². The predicted molar refractivity (Wildman–Crippen MR) is 73.2 cm³/mol. The van der Waals surface area contributed by atoms with Crippen molar-refractivity contribution >= 4 is 17.6 Å². The molecule has 104 valence electrons. The van der Waals surface area contributed by atoms with Crippen LogP contribution in [0.25, 0.3) is 0 Å². The third-order valence-corrected chi connectivity index (χ3v) is 2.69. The van der Waals surface area contributed by atoms with E-state index >= 15 is 0 Å². The molecule has 0 saturated heterocycles. The number of hydrogen-bond acceptors (Lipinski definition) is 4. The second-order valence-electron chi connectivity index (χ2n) is 4.42. The molecule has 0 aliphatic heterocycles. The van der Waals surface area contributed by atoms with Gasteiger partial charge in [0.15, 0.2) is 0 Å². The van der Waals surface area contributed by atoms with Gasteiger partial charge in [-0.2, -0.15) is 0 Å². The molecule has 0 bridgehead atoms. The molecule has 2 amide bonds. The summed E-state index contributed by atoms with van der Waals surface area (Å²) in [5.41, 5.74) is 1.38. The molecule has 2 aromatic heterocycles. The number of furan rings is 1. The van der Waals surface area contributed by atoms with E-state index in [-0.39, 0.29) is 11.8 Å². The molecule has 0 aliphatic rings. The summed E-state index contributed by atoms with van der Waals surface area (Å²) in [7, 11) is 0. The average molecular weight is 273 g/mol. The highest BCUT2D eigenvalue weighted by Crippen LogP contribution is 2.05. The molecule has 0 spiro atoms. The standard InChI is InChI=1S/C14H15N3O3/c1-9-3-4-12(15-7-9)17-13(18)10(2)16-14(19)11-5-6-20-8-11/h3-8,10H,1-2H3,(H,16,19)(H,15,17,18). The van der Waals surface area contributed by atoms with E-state index in [0.717, 1.165) is 5.56 Å². The van der Waals surface area contributed by atoms with Crippen molar-refractivity contribution in [2.45, 2.75) is 19.9 Å². The van der Waals surface area contributed by atoms with Gasteiger partial charge in [-0.1, -0.05) is 6.07 Å². The highest BCUT2D eigenvalue weighted by atomic mass is 16.3. The number of rotatable bonds is 4. The first-order valence-corrected chi connectivity index (χ1v) is 6.13. The zero-order valence-corrected chi connectivity index (χ0v) is 11.2. The van der Waals surface area contributed by atoms with Gasteiger partial charge >= 0.3 is 0 Å². The van der Waals surface area contributed by atoms with Crippen LogP contribution in [-0.2, 0) is 4.79 Å². The predicted octanol–water partition coefficient (Wildman–Crippen LogP) is 1.74. The lowest BCUT2D eigenvalue weighted by Crippen LogP contribution is -2.41. The quantitative estimate of drug-likeness (QED) is 0.888. The van der Waals surface area contributed by atoms with Crippen LogP contribution in [0.5, 0.6) is 0 Å². The lowest BCUT2D eigenvalue weighted by Gasteiger charge is -2.13. The van der Waals surface area contributed by atoms with E-state index in [2.05, 4.69) is 15.6 Å². The van der Waals surface area contributed by atoms with Gasteiger partial charge in [0, 0.05) is 6.20 Å². The Balaban J connectivity index is 1.92. The molecule has 6 heteroatoms. The molecule has 1 atom stereocenters. The first kappa shape index (κ1) is 13.8. The molecule has 2 aromatic rings. The third-order valence-electron chi connectivity index (χ3n) is 2.69. The molecular formula is C14H15N3O3. The Morgan fingerprint density at radius 1 is 1.30 bits per heavy atom. The van der Waals surface area contributed by atoms with Crippen LogP contribution in [0.4, 0.5) is 5.82 Å². The summed E-state index contributed by atoms with van der Waals surface area (Å²) < 4.78 is 4.81. The zero-order chi connectivity index (χ0) is 14.5. The van der Waals surface area contributed by atoms with Crippen LogP contribution in [0.3, 0.4) is 0 Å². The van der Waals surface area contributed by atoms with Crippen LogP contribution in [0, 0.1) is 6.92 Å². The molecular weight excluding hydrogens is 258 g/mol. The fourth-order valence-electron chi connectivity index (χ4n) is 1.52. The maximum atomic E-state index is 11.9. The molecule has 0 aromatic carbocycles. The maximum Gasteiger partial charge on any atom is 0.255 e. The van der Waals surface area contributed by atoms with E-state index in [1.165, 1.54) is 18.6 Å². The SMILES string of the molecule is Cc1ccc(NC(=O)C(C)NC(=O)c2ccoc2)nc1. The molecule has 0 aliphatic carbocycles. The number of nitrogens with one attached hydrogen (secondary N) is 2. The van der Waals surface area contributed by atoms with Gasteiger partial charge in [-0.05, 0) is 31.5 Å². The Morgan fingerprint density at radius 2 is 2.10 bits per heavy atom. The number of aromatic nitrogens is 1. The molecule has 1 unspecified atom stereocenters. The highest BCUT2D eigenvalue weighted by Gasteiger charge is 2.17. The number of amides is 2. The summed E-state index contributed by atoms with van der Waals surface area (Å²) in [5, 5.41) is 5.21. The minimum Gasteiger partial charge on any atom is -0.472 e. The van der Waals surface area contributed by atoms with E-state index in [9.17, 15) is 9.59 Å². The minimum absolute atomic E-state index is 0.335. The fraction of sp³-hybridized carbons (Fsp3) is 0.214. The van der Waals surface area contributed by atoms with Gasteiger partial charge < -0.3 is 15.1 Å². The summed E-state index contributed by atoms with van der Waals surface area (Å²) in [4.78, 5) is 27.7. The summed E-state index contributed by atoms with van der Waals surface area (Å²) in [6, 6.07) is 4.40.